The van der Waals surface area contributed by atoms with Crippen LogP contribution in [0.15, 0.2) is 0 Å². The van der Waals surface area contributed by atoms with Crippen molar-refractivity contribution in [2.75, 3.05) is 26.7 Å². The standard InChI is InChI=1S/C15H26N4O/c1-10(2)19-6-7-20-14(9-19)15-17-11(3)13(8-16-5)12(4)18-15/h10,14,16H,6-9H2,1-5H3. The van der Waals surface area contributed by atoms with Crippen LogP contribution in [0.3, 0.4) is 0 Å². The van der Waals surface area contributed by atoms with Gasteiger partial charge in [-0.3, -0.25) is 4.90 Å². The SMILES string of the molecule is CNCc1c(C)nc(C2CN(C(C)C)CCO2)nc1C. The van der Waals surface area contributed by atoms with Gasteiger partial charge in [-0.05, 0) is 34.7 Å². The van der Waals surface area contributed by atoms with Crippen LogP contribution in [-0.2, 0) is 11.3 Å². The summed E-state index contributed by atoms with van der Waals surface area (Å²) in [5.74, 6) is 0.824. The maximum atomic E-state index is 5.87. The molecular weight excluding hydrogens is 252 g/mol. The molecule has 0 radical (unpaired) electrons. The highest BCUT2D eigenvalue weighted by atomic mass is 16.5. The first-order valence-corrected chi connectivity index (χ1v) is 7.37. The van der Waals surface area contributed by atoms with Crippen LogP contribution in [0.1, 0.15) is 42.7 Å². The van der Waals surface area contributed by atoms with Gasteiger partial charge < -0.3 is 10.1 Å². The molecule has 0 aliphatic carbocycles. The van der Waals surface area contributed by atoms with E-state index >= 15 is 0 Å². The molecule has 0 spiro atoms. The van der Waals surface area contributed by atoms with Crippen LogP contribution in [0, 0.1) is 13.8 Å². The highest BCUT2D eigenvalue weighted by Gasteiger charge is 2.26. The number of hydrogen-bond donors (Lipinski definition) is 1. The van der Waals surface area contributed by atoms with Crippen molar-refractivity contribution in [2.45, 2.75) is 46.4 Å². The summed E-state index contributed by atoms with van der Waals surface area (Å²) in [4.78, 5) is 11.8. The Labute approximate surface area is 121 Å². The highest BCUT2D eigenvalue weighted by molar-refractivity contribution is 5.24. The van der Waals surface area contributed by atoms with Gasteiger partial charge in [-0.15, -0.1) is 0 Å². The van der Waals surface area contributed by atoms with Crippen LogP contribution in [0.2, 0.25) is 0 Å². The quantitative estimate of drug-likeness (QED) is 0.906. The van der Waals surface area contributed by atoms with Crippen LogP contribution >= 0.6 is 0 Å². The first-order valence-electron chi connectivity index (χ1n) is 7.37. The van der Waals surface area contributed by atoms with Crippen molar-refractivity contribution >= 4 is 0 Å². The lowest BCUT2D eigenvalue weighted by Crippen LogP contribution is -2.42. The zero-order chi connectivity index (χ0) is 14.7. The number of nitrogens with one attached hydrogen (secondary N) is 1. The fourth-order valence-corrected chi connectivity index (χ4v) is 2.64. The second-order valence-corrected chi connectivity index (χ2v) is 5.71. The summed E-state index contributed by atoms with van der Waals surface area (Å²) in [5.41, 5.74) is 3.28. The molecule has 20 heavy (non-hydrogen) atoms. The molecule has 112 valence electrons. The average molecular weight is 278 g/mol. The van der Waals surface area contributed by atoms with Crippen molar-refractivity contribution in [3.05, 3.63) is 22.8 Å². The van der Waals surface area contributed by atoms with Gasteiger partial charge >= 0.3 is 0 Å². The van der Waals surface area contributed by atoms with Crippen LogP contribution in [0.4, 0.5) is 0 Å². The molecule has 1 atom stereocenters. The van der Waals surface area contributed by atoms with E-state index in [1.54, 1.807) is 0 Å². The van der Waals surface area contributed by atoms with Gasteiger partial charge in [-0.1, -0.05) is 0 Å². The second kappa shape index (κ2) is 6.61. The largest absolute Gasteiger partial charge is 0.368 e. The Bertz CT molecular complexity index is 438. The first-order chi connectivity index (χ1) is 9.52. The maximum Gasteiger partial charge on any atom is 0.158 e. The smallest absolute Gasteiger partial charge is 0.158 e. The highest BCUT2D eigenvalue weighted by Crippen LogP contribution is 2.22. The lowest BCUT2D eigenvalue weighted by molar-refractivity contribution is -0.0444. The van der Waals surface area contributed by atoms with Gasteiger partial charge in [-0.25, -0.2) is 9.97 Å². The molecule has 2 rings (SSSR count). The van der Waals surface area contributed by atoms with Crippen molar-refractivity contribution in [3.8, 4) is 0 Å². The van der Waals surface area contributed by atoms with Crippen LogP contribution in [0.25, 0.3) is 0 Å². The molecule has 0 aromatic carbocycles. The average Bonchev–Trinajstić information content (AvgIpc) is 2.42. The van der Waals surface area contributed by atoms with Gasteiger partial charge in [0.25, 0.3) is 0 Å². The van der Waals surface area contributed by atoms with Crippen LogP contribution in [-0.4, -0.2) is 47.7 Å². The summed E-state index contributed by atoms with van der Waals surface area (Å²) in [6.07, 6.45) is -0.00724. The normalized spacial score (nSPS) is 20.6. The van der Waals surface area contributed by atoms with Gasteiger partial charge in [0, 0.05) is 42.6 Å². The third-order valence-electron chi connectivity index (χ3n) is 3.91. The topological polar surface area (TPSA) is 50.3 Å². The van der Waals surface area contributed by atoms with E-state index in [1.807, 2.05) is 20.9 Å². The van der Waals surface area contributed by atoms with Crippen molar-refractivity contribution in [1.82, 2.24) is 20.2 Å². The van der Waals surface area contributed by atoms with Crippen molar-refractivity contribution in [1.29, 1.82) is 0 Å². The minimum absolute atomic E-state index is 0.00724. The van der Waals surface area contributed by atoms with Gasteiger partial charge in [0.05, 0.1) is 6.61 Å². The summed E-state index contributed by atoms with van der Waals surface area (Å²) < 4.78 is 5.87. The molecule has 2 heterocycles. The van der Waals surface area contributed by atoms with Gasteiger partial charge in [0.2, 0.25) is 0 Å². The molecular formula is C15H26N4O. The van der Waals surface area contributed by atoms with Gasteiger partial charge in [0.15, 0.2) is 5.82 Å². The van der Waals surface area contributed by atoms with E-state index in [9.17, 15) is 0 Å². The van der Waals surface area contributed by atoms with E-state index in [1.165, 1.54) is 5.56 Å². The third-order valence-corrected chi connectivity index (χ3v) is 3.91. The summed E-state index contributed by atoms with van der Waals surface area (Å²) in [6.45, 7) is 12.0. The number of ether oxygens (including phenoxy) is 1. The molecule has 5 heteroatoms. The summed E-state index contributed by atoms with van der Waals surface area (Å²) in [7, 11) is 1.94. The monoisotopic (exact) mass is 278 g/mol. The molecule has 1 aromatic heterocycles. The fraction of sp³-hybridized carbons (Fsp3) is 0.733. The summed E-state index contributed by atoms with van der Waals surface area (Å²) in [5, 5.41) is 3.17. The van der Waals surface area contributed by atoms with E-state index in [2.05, 4.69) is 34.0 Å². The molecule has 1 unspecified atom stereocenters. The molecule has 1 N–H and O–H groups in total. The van der Waals surface area contributed by atoms with E-state index in [0.717, 1.165) is 43.5 Å². The molecule has 5 nitrogen and oxygen atoms in total. The fourth-order valence-electron chi connectivity index (χ4n) is 2.64. The van der Waals surface area contributed by atoms with E-state index < -0.39 is 0 Å². The van der Waals surface area contributed by atoms with E-state index in [0.29, 0.717) is 6.04 Å². The Hall–Kier alpha value is -1.04. The molecule has 1 saturated heterocycles. The lowest BCUT2D eigenvalue weighted by Gasteiger charge is -2.35. The van der Waals surface area contributed by atoms with Crippen LogP contribution < -0.4 is 5.32 Å². The van der Waals surface area contributed by atoms with E-state index in [4.69, 9.17) is 4.74 Å². The number of hydrogen-bond acceptors (Lipinski definition) is 5. The molecule has 1 aliphatic heterocycles. The lowest BCUT2D eigenvalue weighted by atomic mass is 10.1. The summed E-state index contributed by atoms with van der Waals surface area (Å²) >= 11 is 0. The number of morpholine rings is 1. The minimum atomic E-state index is -0.00724. The zero-order valence-electron chi connectivity index (χ0n) is 13.2. The van der Waals surface area contributed by atoms with Gasteiger partial charge in [0.1, 0.15) is 6.10 Å². The molecule has 0 amide bonds. The van der Waals surface area contributed by atoms with Crippen molar-refractivity contribution in [2.24, 2.45) is 0 Å². The Morgan fingerprint density at radius 3 is 2.50 bits per heavy atom. The van der Waals surface area contributed by atoms with Gasteiger partial charge in [-0.2, -0.15) is 0 Å². The van der Waals surface area contributed by atoms with Crippen molar-refractivity contribution < 1.29 is 4.74 Å². The predicted octanol–water partition coefficient (Wildman–Crippen LogP) is 1.59. The number of aromatic nitrogens is 2. The maximum absolute atomic E-state index is 5.87. The Morgan fingerprint density at radius 1 is 1.30 bits per heavy atom. The number of nitrogens with zero attached hydrogens (tertiary/aromatic N) is 3. The molecule has 1 aliphatic rings. The molecule has 0 bridgehead atoms. The summed E-state index contributed by atoms with van der Waals surface area (Å²) in [6, 6.07) is 0.534. The molecule has 1 aromatic rings. The Morgan fingerprint density at radius 2 is 1.95 bits per heavy atom. The minimum Gasteiger partial charge on any atom is -0.368 e. The zero-order valence-corrected chi connectivity index (χ0v) is 13.2. The molecule has 1 fully saturated rings. The molecule has 0 saturated carbocycles. The number of rotatable bonds is 4. The first kappa shape index (κ1) is 15.4. The third kappa shape index (κ3) is 3.34. The Balaban J connectivity index is 2.20. The van der Waals surface area contributed by atoms with Crippen LogP contribution in [0.5, 0.6) is 0 Å². The predicted molar refractivity (Wildman–Crippen MR) is 79.7 cm³/mol. The Kier molecular flexibility index (Phi) is 5.07. The van der Waals surface area contributed by atoms with E-state index in [-0.39, 0.29) is 6.10 Å². The van der Waals surface area contributed by atoms with Crippen molar-refractivity contribution in [3.63, 3.8) is 0 Å². The number of aryl methyl sites for hydroxylation is 2. The second-order valence-electron chi connectivity index (χ2n) is 5.71.